The van der Waals surface area contributed by atoms with Crippen LogP contribution in [0.5, 0.6) is 0 Å². The first-order valence-electron chi connectivity index (χ1n) is 10.5. The molecule has 3 aromatic rings. The second kappa shape index (κ2) is 11.4. The third-order valence-corrected chi connectivity index (χ3v) is 8.07. The van der Waals surface area contributed by atoms with Gasteiger partial charge in [0.15, 0.2) is 5.66 Å². The second-order valence-corrected chi connectivity index (χ2v) is 12.4. The molecule has 192 valence electrons. The molecule has 12 heteroatoms. The Morgan fingerprint density at radius 1 is 1.22 bits per heavy atom. The summed E-state index contributed by atoms with van der Waals surface area (Å²) in [5.74, 6) is -2.09. The van der Waals surface area contributed by atoms with Gasteiger partial charge in [-0.3, -0.25) is 18.7 Å². The standard InChI is InChI=1S/C24H23Cl2FNO6PS/c1-24(2,3)23(30)33-13-34-35(31,32)21(17-12-36-20-7-5-15(25)11-16(17)20)22(29)28-9-8-14-4-6-19(27)18(26)10-14/h4-12,21H,13H2,1-3H3,(H,28,29)(H,31,32). The minimum atomic E-state index is -4.73. The first-order chi connectivity index (χ1) is 16.8. The highest BCUT2D eigenvalue weighted by Gasteiger charge is 2.42. The number of benzene rings is 2. The molecule has 2 aromatic carbocycles. The molecule has 0 spiro atoms. The van der Waals surface area contributed by atoms with E-state index in [1.54, 1.807) is 44.4 Å². The van der Waals surface area contributed by atoms with Gasteiger partial charge in [-0.25, -0.2) is 4.39 Å². The summed E-state index contributed by atoms with van der Waals surface area (Å²) in [7, 11) is -4.73. The van der Waals surface area contributed by atoms with Gasteiger partial charge in [0.25, 0.3) is 0 Å². The van der Waals surface area contributed by atoms with Crippen molar-refractivity contribution < 1.29 is 32.7 Å². The van der Waals surface area contributed by atoms with E-state index in [9.17, 15) is 23.4 Å². The van der Waals surface area contributed by atoms with Crippen LogP contribution < -0.4 is 5.32 Å². The van der Waals surface area contributed by atoms with Crippen LogP contribution in [0, 0.1) is 11.2 Å². The SMILES string of the molecule is CC(C)(C)C(=O)OCOP(=O)(O)C(C(=O)NC=Cc1ccc(F)c(Cl)c1)c1csc2ccc(Cl)cc12. The maximum atomic E-state index is 13.4. The number of esters is 1. The average Bonchev–Trinajstić information content (AvgIpc) is 3.17. The third kappa shape index (κ3) is 6.94. The summed E-state index contributed by atoms with van der Waals surface area (Å²) >= 11 is 13.1. The van der Waals surface area contributed by atoms with Crippen molar-refractivity contribution in [1.82, 2.24) is 5.32 Å². The molecule has 0 aliphatic rings. The summed E-state index contributed by atoms with van der Waals surface area (Å²) in [6.07, 6.45) is 2.68. The number of hydrogen-bond acceptors (Lipinski definition) is 6. The van der Waals surface area contributed by atoms with Gasteiger partial charge in [0.05, 0.1) is 10.4 Å². The van der Waals surface area contributed by atoms with Gasteiger partial charge in [-0.1, -0.05) is 29.3 Å². The molecule has 0 saturated carbocycles. The van der Waals surface area contributed by atoms with Crippen molar-refractivity contribution in [2.45, 2.75) is 26.4 Å². The van der Waals surface area contributed by atoms with E-state index in [4.69, 9.17) is 32.5 Å². The van der Waals surface area contributed by atoms with Crippen LogP contribution in [0.4, 0.5) is 4.39 Å². The van der Waals surface area contributed by atoms with Crippen LogP contribution in [0.15, 0.2) is 48.0 Å². The van der Waals surface area contributed by atoms with Crippen LogP contribution in [0.2, 0.25) is 10.0 Å². The molecule has 1 amide bonds. The van der Waals surface area contributed by atoms with Gasteiger partial charge in [-0.2, -0.15) is 0 Å². The van der Waals surface area contributed by atoms with Crippen molar-refractivity contribution in [3.63, 3.8) is 0 Å². The quantitative estimate of drug-likeness (QED) is 0.172. The number of amides is 1. The Morgan fingerprint density at radius 2 is 1.94 bits per heavy atom. The highest BCUT2D eigenvalue weighted by Crippen LogP contribution is 2.58. The third-order valence-electron chi connectivity index (χ3n) is 4.92. The van der Waals surface area contributed by atoms with Crippen LogP contribution in [0.3, 0.4) is 0 Å². The van der Waals surface area contributed by atoms with E-state index < -0.39 is 43.2 Å². The predicted molar refractivity (Wildman–Crippen MR) is 139 cm³/mol. The number of hydrogen-bond donors (Lipinski definition) is 2. The van der Waals surface area contributed by atoms with Crippen LogP contribution >= 0.6 is 42.1 Å². The van der Waals surface area contributed by atoms with Crippen molar-refractivity contribution >= 4 is 70.2 Å². The molecule has 0 aliphatic carbocycles. The number of thiophene rings is 1. The van der Waals surface area contributed by atoms with Gasteiger partial charge in [0.1, 0.15) is 5.82 Å². The van der Waals surface area contributed by atoms with E-state index in [0.717, 1.165) is 4.70 Å². The van der Waals surface area contributed by atoms with Gasteiger partial charge in [0.2, 0.25) is 12.7 Å². The van der Waals surface area contributed by atoms with Crippen molar-refractivity contribution in [3.05, 3.63) is 75.0 Å². The molecule has 2 unspecified atom stereocenters. The number of rotatable bonds is 8. The van der Waals surface area contributed by atoms with Crippen LogP contribution in [-0.4, -0.2) is 23.6 Å². The fourth-order valence-electron chi connectivity index (χ4n) is 3.06. The van der Waals surface area contributed by atoms with Crippen molar-refractivity contribution in [2.75, 3.05) is 6.79 Å². The Morgan fingerprint density at radius 3 is 2.61 bits per heavy atom. The molecule has 3 rings (SSSR count). The van der Waals surface area contributed by atoms with Crippen molar-refractivity contribution in [2.24, 2.45) is 5.41 Å². The van der Waals surface area contributed by atoms with Crippen LogP contribution in [0.25, 0.3) is 16.2 Å². The summed E-state index contributed by atoms with van der Waals surface area (Å²) in [4.78, 5) is 36.0. The van der Waals surface area contributed by atoms with Crippen LogP contribution in [0.1, 0.15) is 37.6 Å². The zero-order valence-corrected chi connectivity index (χ0v) is 22.7. The van der Waals surface area contributed by atoms with E-state index in [2.05, 4.69) is 5.32 Å². The molecular formula is C24H23Cl2FNO6PS. The van der Waals surface area contributed by atoms with Crippen LogP contribution in [-0.2, 0) is 23.4 Å². The first-order valence-corrected chi connectivity index (χ1v) is 13.8. The zero-order chi connectivity index (χ0) is 26.7. The Hall–Kier alpha value is -2.26. The summed E-state index contributed by atoms with van der Waals surface area (Å²) in [5, 5.41) is 4.82. The molecule has 0 radical (unpaired) electrons. The van der Waals surface area contributed by atoms with Gasteiger partial charge in [-0.15, -0.1) is 11.3 Å². The van der Waals surface area contributed by atoms with Gasteiger partial charge < -0.3 is 14.9 Å². The second-order valence-electron chi connectivity index (χ2n) is 8.74. The first kappa shape index (κ1) is 28.3. The fraction of sp³-hybridized carbons (Fsp3) is 0.250. The van der Waals surface area contributed by atoms with E-state index in [1.165, 1.54) is 41.8 Å². The monoisotopic (exact) mass is 573 g/mol. The minimum Gasteiger partial charge on any atom is -0.438 e. The molecule has 0 saturated heterocycles. The van der Waals surface area contributed by atoms with E-state index in [1.807, 2.05) is 0 Å². The molecule has 0 fully saturated rings. The highest BCUT2D eigenvalue weighted by atomic mass is 35.5. The highest BCUT2D eigenvalue weighted by molar-refractivity contribution is 7.54. The molecule has 0 bridgehead atoms. The number of fused-ring (bicyclic) bond motifs is 1. The molecule has 2 atom stereocenters. The summed E-state index contributed by atoms with van der Waals surface area (Å²) in [6, 6.07) is 8.94. The van der Waals surface area contributed by atoms with Gasteiger partial charge in [0, 0.05) is 15.9 Å². The normalized spacial score (nSPS) is 14.5. The predicted octanol–water partition coefficient (Wildman–Crippen LogP) is 6.92. The maximum Gasteiger partial charge on any atom is 0.347 e. The number of carbonyl (C=O) groups excluding carboxylic acids is 2. The van der Waals surface area contributed by atoms with E-state index in [0.29, 0.717) is 16.0 Å². The number of carbonyl (C=O) groups is 2. The lowest BCUT2D eigenvalue weighted by Gasteiger charge is -2.22. The fourth-order valence-corrected chi connectivity index (χ4v) is 5.78. The van der Waals surface area contributed by atoms with Gasteiger partial charge in [-0.05, 0) is 79.1 Å². The molecule has 1 aromatic heterocycles. The largest absolute Gasteiger partial charge is 0.438 e. The minimum absolute atomic E-state index is 0.0963. The lowest BCUT2D eigenvalue weighted by molar-refractivity contribution is -0.159. The molecule has 7 nitrogen and oxygen atoms in total. The molecule has 36 heavy (non-hydrogen) atoms. The lowest BCUT2D eigenvalue weighted by atomic mass is 9.98. The average molecular weight is 574 g/mol. The Kier molecular flexibility index (Phi) is 8.98. The molecule has 2 N–H and O–H groups in total. The Labute approximate surface area is 221 Å². The molecule has 0 aliphatic heterocycles. The smallest absolute Gasteiger partial charge is 0.347 e. The number of halogens is 3. The summed E-state index contributed by atoms with van der Waals surface area (Å²) < 4.78 is 37.4. The number of ether oxygens (including phenoxy) is 1. The Balaban J connectivity index is 1.89. The van der Waals surface area contributed by atoms with E-state index in [-0.39, 0.29) is 10.6 Å². The van der Waals surface area contributed by atoms with Gasteiger partial charge >= 0.3 is 13.6 Å². The van der Waals surface area contributed by atoms with E-state index >= 15 is 0 Å². The zero-order valence-electron chi connectivity index (χ0n) is 19.5. The van der Waals surface area contributed by atoms with Crippen molar-refractivity contribution in [3.8, 4) is 0 Å². The molecular weight excluding hydrogens is 551 g/mol. The van der Waals surface area contributed by atoms with Crippen molar-refractivity contribution in [1.29, 1.82) is 0 Å². The lowest BCUT2D eigenvalue weighted by Crippen LogP contribution is -2.27. The maximum absolute atomic E-state index is 13.4. The summed E-state index contributed by atoms with van der Waals surface area (Å²) in [6.45, 7) is 4.03. The number of nitrogens with one attached hydrogen (secondary N) is 1. The topological polar surface area (TPSA) is 102 Å². The summed E-state index contributed by atoms with van der Waals surface area (Å²) in [5.41, 5.74) is -1.81. The Bertz CT molecular complexity index is 1370. The molecule has 1 heterocycles.